The molecule has 1 fully saturated rings. The van der Waals surface area contributed by atoms with E-state index in [4.69, 9.17) is 0 Å². The summed E-state index contributed by atoms with van der Waals surface area (Å²) in [5.74, 6) is 0. The van der Waals surface area contributed by atoms with Crippen molar-refractivity contribution in [2.45, 2.75) is 25.4 Å². The smallest absolute Gasteiger partial charge is 0.150 e. The van der Waals surface area contributed by atoms with Crippen molar-refractivity contribution in [3.8, 4) is 0 Å². The SMILES string of the molecule is O=Cc1ccc(N(Cc2ccsc2)C2CC2)cc1. The van der Waals surface area contributed by atoms with Crippen molar-refractivity contribution < 1.29 is 4.79 Å². The fraction of sp³-hybridized carbons (Fsp3) is 0.267. The molecule has 0 saturated heterocycles. The predicted molar refractivity (Wildman–Crippen MR) is 75.4 cm³/mol. The van der Waals surface area contributed by atoms with Gasteiger partial charge in [0.15, 0.2) is 0 Å². The van der Waals surface area contributed by atoms with Crippen LogP contribution in [-0.4, -0.2) is 12.3 Å². The van der Waals surface area contributed by atoms with Crippen molar-refractivity contribution in [3.63, 3.8) is 0 Å². The van der Waals surface area contributed by atoms with Crippen LogP contribution in [0.4, 0.5) is 5.69 Å². The van der Waals surface area contributed by atoms with Crippen LogP contribution in [-0.2, 0) is 6.54 Å². The Bertz CT molecular complexity index is 514. The van der Waals surface area contributed by atoms with E-state index < -0.39 is 0 Å². The summed E-state index contributed by atoms with van der Waals surface area (Å²) < 4.78 is 0. The summed E-state index contributed by atoms with van der Waals surface area (Å²) in [4.78, 5) is 13.1. The highest BCUT2D eigenvalue weighted by Crippen LogP contribution is 2.33. The minimum Gasteiger partial charge on any atom is -0.364 e. The molecule has 1 aliphatic rings. The van der Waals surface area contributed by atoms with Crippen molar-refractivity contribution in [1.29, 1.82) is 0 Å². The van der Waals surface area contributed by atoms with Crippen LogP contribution >= 0.6 is 11.3 Å². The number of anilines is 1. The maximum atomic E-state index is 10.7. The van der Waals surface area contributed by atoms with Gasteiger partial charge in [-0.1, -0.05) is 0 Å². The van der Waals surface area contributed by atoms with Crippen LogP contribution in [0.15, 0.2) is 41.1 Å². The molecule has 0 spiro atoms. The second-order valence-corrected chi connectivity index (χ2v) is 5.48. The topological polar surface area (TPSA) is 20.3 Å². The van der Waals surface area contributed by atoms with Crippen molar-refractivity contribution in [2.24, 2.45) is 0 Å². The van der Waals surface area contributed by atoms with Crippen molar-refractivity contribution >= 4 is 23.3 Å². The van der Waals surface area contributed by atoms with E-state index in [0.29, 0.717) is 6.04 Å². The molecule has 0 radical (unpaired) electrons. The molecular weight excluding hydrogens is 242 g/mol. The van der Waals surface area contributed by atoms with Crippen LogP contribution < -0.4 is 4.90 Å². The molecular formula is C15H15NOS. The van der Waals surface area contributed by atoms with Gasteiger partial charge in [0.05, 0.1) is 0 Å². The first kappa shape index (κ1) is 11.5. The van der Waals surface area contributed by atoms with Crippen LogP contribution in [0.1, 0.15) is 28.8 Å². The van der Waals surface area contributed by atoms with Crippen molar-refractivity contribution in [3.05, 3.63) is 52.2 Å². The number of nitrogens with zero attached hydrogens (tertiary/aromatic N) is 1. The van der Waals surface area contributed by atoms with Gasteiger partial charge in [0.2, 0.25) is 0 Å². The van der Waals surface area contributed by atoms with Crippen LogP contribution in [0.3, 0.4) is 0 Å². The molecule has 0 amide bonds. The van der Waals surface area contributed by atoms with E-state index in [9.17, 15) is 4.79 Å². The first-order valence-electron chi connectivity index (χ1n) is 6.20. The van der Waals surface area contributed by atoms with Gasteiger partial charge in [-0.15, -0.1) is 0 Å². The fourth-order valence-corrected chi connectivity index (χ4v) is 2.80. The van der Waals surface area contributed by atoms with E-state index in [1.807, 2.05) is 12.1 Å². The lowest BCUT2D eigenvalue weighted by molar-refractivity contribution is 0.112. The Balaban J connectivity index is 1.82. The van der Waals surface area contributed by atoms with Gasteiger partial charge in [0, 0.05) is 23.8 Å². The number of carbonyl (C=O) groups is 1. The molecule has 1 saturated carbocycles. The number of hydrogen-bond acceptors (Lipinski definition) is 3. The second kappa shape index (κ2) is 4.94. The minimum absolute atomic E-state index is 0.673. The molecule has 3 heteroatoms. The van der Waals surface area contributed by atoms with Gasteiger partial charge in [0.25, 0.3) is 0 Å². The van der Waals surface area contributed by atoms with Crippen LogP contribution in [0.25, 0.3) is 0 Å². The predicted octanol–water partition coefficient (Wildman–Crippen LogP) is 3.73. The molecule has 0 unspecified atom stereocenters. The summed E-state index contributed by atoms with van der Waals surface area (Å²) in [6, 6.07) is 10.7. The van der Waals surface area contributed by atoms with Gasteiger partial charge in [-0.25, -0.2) is 0 Å². The van der Waals surface area contributed by atoms with Gasteiger partial charge in [0.1, 0.15) is 6.29 Å². The van der Waals surface area contributed by atoms with E-state index in [1.54, 1.807) is 11.3 Å². The third kappa shape index (κ3) is 2.46. The van der Waals surface area contributed by atoms with Gasteiger partial charge < -0.3 is 4.90 Å². The van der Waals surface area contributed by atoms with E-state index in [1.165, 1.54) is 24.1 Å². The molecule has 2 aromatic rings. The number of hydrogen-bond donors (Lipinski definition) is 0. The summed E-state index contributed by atoms with van der Waals surface area (Å²) in [5.41, 5.74) is 3.32. The number of aldehydes is 1. The molecule has 18 heavy (non-hydrogen) atoms. The molecule has 92 valence electrons. The van der Waals surface area contributed by atoms with Crippen molar-refractivity contribution in [1.82, 2.24) is 0 Å². The molecule has 1 aromatic heterocycles. The maximum Gasteiger partial charge on any atom is 0.150 e. The molecule has 0 N–H and O–H groups in total. The van der Waals surface area contributed by atoms with Gasteiger partial charge in [-0.05, 0) is 59.5 Å². The Labute approximate surface area is 111 Å². The third-order valence-electron chi connectivity index (χ3n) is 3.28. The molecule has 0 aliphatic heterocycles. The van der Waals surface area contributed by atoms with Crippen LogP contribution in [0, 0.1) is 0 Å². The maximum absolute atomic E-state index is 10.7. The standard InChI is InChI=1S/C15H15NOS/c17-10-12-1-3-14(4-2-12)16(15-5-6-15)9-13-7-8-18-11-13/h1-4,7-8,10-11,15H,5-6,9H2. The monoisotopic (exact) mass is 257 g/mol. The summed E-state index contributed by atoms with van der Waals surface area (Å²) >= 11 is 1.74. The summed E-state index contributed by atoms with van der Waals surface area (Å²) in [6.45, 7) is 0.967. The highest BCUT2D eigenvalue weighted by atomic mass is 32.1. The number of thiophene rings is 1. The van der Waals surface area contributed by atoms with Gasteiger partial charge in [-0.3, -0.25) is 4.79 Å². The minimum atomic E-state index is 0.673. The molecule has 2 nitrogen and oxygen atoms in total. The third-order valence-corrected chi connectivity index (χ3v) is 4.01. The molecule has 1 aliphatic carbocycles. The lowest BCUT2D eigenvalue weighted by Crippen LogP contribution is -2.24. The lowest BCUT2D eigenvalue weighted by Gasteiger charge is -2.24. The molecule has 1 heterocycles. The zero-order chi connectivity index (χ0) is 12.4. The Morgan fingerprint density at radius 1 is 1.22 bits per heavy atom. The van der Waals surface area contributed by atoms with E-state index in [2.05, 4.69) is 33.9 Å². The molecule has 0 atom stereocenters. The van der Waals surface area contributed by atoms with E-state index in [-0.39, 0.29) is 0 Å². The normalized spacial score (nSPS) is 14.4. The van der Waals surface area contributed by atoms with Crippen molar-refractivity contribution in [2.75, 3.05) is 4.90 Å². The second-order valence-electron chi connectivity index (χ2n) is 4.70. The summed E-state index contributed by atoms with van der Waals surface area (Å²) in [7, 11) is 0. The average Bonchev–Trinajstić information content (AvgIpc) is 3.13. The first-order valence-corrected chi connectivity index (χ1v) is 7.14. The molecule has 3 rings (SSSR count). The number of carbonyl (C=O) groups excluding carboxylic acids is 1. The highest BCUT2D eigenvalue weighted by Gasteiger charge is 2.29. The largest absolute Gasteiger partial charge is 0.364 e. The summed E-state index contributed by atoms with van der Waals surface area (Å²) in [5, 5.41) is 4.32. The number of rotatable bonds is 5. The molecule has 1 aromatic carbocycles. The Kier molecular flexibility index (Phi) is 3.15. The fourth-order valence-electron chi connectivity index (χ4n) is 2.14. The Hall–Kier alpha value is -1.61. The Morgan fingerprint density at radius 2 is 2.00 bits per heavy atom. The lowest BCUT2D eigenvalue weighted by atomic mass is 10.2. The van der Waals surface area contributed by atoms with Crippen LogP contribution in [0.5, 0.6) is 0 Å². The quantitative estimate of drug-likeness (QED) is 0.761. The highest BCUT2D eigenvalue weighted by molar-refractivity contribution is 7.07. The zero-order valence-electron chi connectivity index (χ0n) is 10.1. The average molecular weight is 257 g/mol. The van der Waals surface area contributed by atoms with E-state index >= 15 is 0 Å². The number of benzene rings is 1. The van der Waals surface area contributed by atoms with Gasteiger partial charge in [-0.2, -0.15) is 11.3 Å². The van der Waals surface area contributed by atoms with E-state index in [0.717, 1.165) is 18.4 Å². The molecule has 0 bridgehead atoms. The van der Waals surface area contributed by atoms with Gasteiger partial charge >= 0.3 is 0 Å². The zero-order valence-corrected chi connectivity index (χ0v) is 10.9. The van der Waals surface area contributed by atoms with Crippen LogP contribution in [0.2, 0.25) is 0 Å². The summed E-state index contributed by atoms with van der Waals surface area (Å²) in [6.07, 6.45) is 3.45. The first-order chi connectivity index (χ1) is 8.86. The Morgan fingerprint density at radius 3 is 2.56 bits per heavy atom.